The van der Waals surface area contributed by atoms with Gasteiger partial charge in [-0.1, -0.05) is 41.1 Å². The molecule has 0 atom stereocenters. The van der Waals surface area contributed by atoms with Gasteiger partial charge >= 0.3 is 0 Å². The van der Waals surface area contributed by atoms with Crippen molar-refractivity contribution in [2.45, 2.75) is 51.9 Å². The van der Waals surface area contributed by atoms with Gasteiger partial charge in [-0.3, -0.25) is 0 Å². The number of benzene rings is 1. The van der Waals surface area contributed by atoms with E-state index in [1.165, 1.54) is 0 Å². The van der Waals surface area contributed by atoms with E-state index in [0.29, 0.717) is 0 Å². The van der Waals surface area contributed by atoms with Crippen LogP contribution in [0.5, 0.6) is 0 Å². The molecule has 0 bridgehead atoms. The first-order valence-corrected chi connectivity index (χ1v) is 6.12. The van der Waals surface area contributed by atoms with Crippen molar-refractivity contribution in [1.82, 2.24) is 0 Å². The average molecular weight is 378 g/mol. The average Bonchev–Trinajstić information content (AvgIpc) is 2.78. The molecule has 1 aromatic rings. The van der Waals surface area contributed by atoms with Gasteiger partial charge in [-0.25, -0.2) is 0 Å². The van der Waals surface area contributed by atoms with Crippen LogP contribution in [0.15, 0.2) is 21.1 Å². The quantitative estimate of drug-likeness (QED) is 0.535. The van der Waals surface area contributed by atoms with Crippen molar-refractivity contribution in [3.05, 3.63) is 32.2 Å². The third-order valence-corrected chi connectivity index (χ3v) is 4.84. The third kappa shape index (κ3) is 1.53. The van der Waals surface area contributed by atoms with Crippen molar-refractivity contribution < 1.29 is 24.7 Å². The zero-order valence-corrected chi connectivity index (χ0v) is 11.6. The summed E-state index contributed by atoms with van der Waals surface area (Å²) in [6.45, 7) is -24.7. The molecule has 0 radical (unpaired) electrons. The summed E-state index contributed by atoms with van der Waals surface area (Å²) in [5.74, 6) is 0. The van der Waals surface area contributed by atoms with Crippen LogP contribution in [0.2, 0.25) is 0 Å². The van der Waals surface area contributed by atoms with Crippen LogP contribution < -0.4 is 0 Å². The van der Waals surface area contributed by atoms with Gasteiger partial charge in [0.15, 0.2) is 0 Å². The van der Waals surface area contributed by atoms with E-state index in [9.17, 15) is 0 Å². The highest BCUT2D eigenvalue weighted by molar-refractivity contribution is 9.13. The summed E-state index contributed by atoms with van der Waals surface area (Å²) in [5, 5.41) is 0. The molecule has 2 rings (SSSR count). The lowest BCUT2D eigenvalue weighted by molar-refractivity contribution is 0.125. The fourth-order valence-corrected chi connectivity index (χ4v) is 2.54. The van der Waals surface area contributed by atoms with Crippen molar-refractivity contribution in [1.29, 1.82) is 0 Å². The van der Waals surface area contributed by atoms with Crippen LogP contribution in [0.25, 0.3) is 0 Å². The maximum atomic E-state index is 8.30. The fourth-order valence-electron chi connectivity index (χ4n) is 1.85. The van der Waals surface area contributed by atoms with Gasteiger partial charge in [0.1, 0.15) is 0 Å². The van der Waals surface area contributed by atoms with Crippen LogP contribution in [0.4, 0.5) is 0 Å². The molecule has 0 amide bonds. The van der Waals surface area contributed by atoms with E-state index in [-0.39, 0.29) is 8.95 Å². The summed E-state index contributed by atoms with van der Waals surface area (Å²) in [4.78, 5) is 0. The molecule has 0 nitrogen and oxygen atoms in total. The molecule has 0 aliphatic heterocycles. The molecular weight excluding hydrogens is 340 g/mol. The van der Waals surface area contributed by atoms with Crippen molar-refractivity contribution in [3.63, 3.8) is 0 Å². The smallest absolute Gasteiger partial charge is 0.0320 e. The number of hydrogen-bond acceptors (Lipinski definition) is 0. The first-order chi connectivity index (χ1) is 15.0. The monoisotopic (exact) mass is 376 g/mol. The summed E-state index contributed by atoms with van der Waals surface area (Å²) in [7, 11) is 0. The van der Waals surface area contributed by atoms with E-state index in [1.807, 2.05) is 0 Å². The minimum Gasteiger partial charge on any atom is -0.0582 e. The molecule has 1 aliphatic carbocycles. The summed E-state index contributed by atoms with van der Waals surface area (Å²) in [6.07, 6.45) is 0. The van der Waals surface area contributed by atoms with Gasteiger partial charge in [-0.2, -0.15) is 0 Å². The zero-order chi connectivity index (χ0) is 28.2. The molecule has 17 heavy (non-hydrogen) atoms. The molecule has 0 N–H and O–H groups in total. The fraction of sp³-hybridized carbons (Fsp3) is 0.600. The Morgan fingerprint density at radius 1 is 0.824 bits per heavy atom. The second-order valence-electron chi connectivity index (χ2n) is 4.06. The van der Waals surface area contributed by atoms with Gasteiger partial charge in [0, 0.05) is 33.6 Å². The van der Waals surface area contributed by atoms with Crippen LogP contribution in [-0.4, -0.2) is 0 Å². The number of fused-ring (bicyclic) bond motifs is 1. The molecule has 0 saturated carbocycles. The topological polar surface area (TPSA) is 0 Å². The predicted molar refractivity (Wildman–Crippen MR) is 81.7 cm³/mol. The van der Waals surface area contributed by atoms with E-state index < -0.39 is 68.5 Å². The normalized spacial score (nSPS) is 43.6. The van der Waals surface area contributed by atoms with Crippen LogP contribution in [-0.2, 0) is 10.8 Å². The molecule has 0 saturated heterocycles. The van der Waals surface area contributed by atoms with Gasteiger partial charge in [0.05, 0.1) is 0 Å². The standard InChI is InChI=1S/C15H20Br2/c1-13(2)9-7-11(16)12(17)8-10(9)14(3,4)15(13,5)6/h7-8H,1-6H3/i1D3,2D3,3D3,4D3,5D3,6D3. The number of halogens is 2. The number of hydrogen-bond donors (Lipinski definition) is 0. The summed E-state index contributed by atoms with van der Waals surface area (Å²) >= 11 is 6.07. The maximum Gasteiger partial charge on any atom is 0.0320 e. The molecule has 0 heterocycles. The predicted octanol–water partition coefficient (Wildman–Crippen LogP) is 5.81. The minimum absolute atomic E-state index is 0.0778. The van der Waals surface area contributed by atoms with Gasteiger partial charge in [0.25, 0.3) is 0 Å². The van der Waals surface area contributed by atoms with Gasteiger partial charge in [-0.15, -0.1) is 0 Å². The highest BCUT2D eigenvalue weighted by Crippen LogP contribution is 2.62. The second kappa shape index (κ2) is 3.60. The lowest BCUT2D eigenvalue weighted by Gasteiger charge is -2.44. The molecule has 94 valence electrons. The van der Waals surface area contributed by atoms with Crippen LogP contribution in [0.1, 0.15) is 76.9 Å². The Morgan fingerprint density at radius 3 is 1.53 bits per heavy atom. The van der Waals surface area contributed by atoms with E-state index >= 15 is 0 Å². The zero-order valence-electron chi connectivity index (χ0n) is 26.4. The molecular formula is C15H20Br2. The largest absolute Gasteiger partial charge is 0.0582 e. The van der Waals surface area contributed by atoms with Crippen LogP contribution in [0.3, 0.4) is 0 Å². The Labute approximate surface area is 147 Å². The Balaban J connectivity index is 3.75. The molecule has 2 heteroatoms. The molecule has 0 aromatic heterocycles. The first kappa shape index (κ1) is 3.44. The highest BCUT2D eigenvalue weighted by Gasteiger charge is 2.56. The Kier molecular flexibility index (Phi) is 0.728. The van der Waals surface area contributed by atoms with Crippen molar-refractivity contribution in [2.75, 3.05) is 0 Å². The van der Waals surface area contributed by atoms with Crippen molar-refractivity contribution in [2.24, 2.45) is 5.41 Å². The molecule has 0 fully saturated rings. The summed E-state index contributed by atoms with van der Waals surface area (Å²) < 4.78 is 149. The second-order valence-corrected chi connectivity index (χ2v) is 5.77. The van der Waals surface area contributed by atoms with Crippen molar-refractivity contribution >= 4 is 31.9 Å². The Hall–Kier alpha value is 0.180. The lowest BCUT2D eigenvalue weighted by Crippen LogP contribution is -2.42. The van der Waals surface area contributed by atoms with Gasteiger partial charge in [-0.05, 0) is 71.4 Å². The van der Waals surface area contributed by atoms with Crippen LogP contribution >= 0.6 is 31.9 Å². The maximum absolute atomic E-state index is 8.30. The van der Waals surface area contributed by atoms with E-state index in [2.05, 4.69) is 31.9 Å². The van der Waals surface area contributed by atoms with E-state index in [4.69, 9.17) is 24.7 Å². The van der Waals surface area contributed by atoms with Crippen molar-refractivity contribution in [3.8, 4) is 0 Å². The SMILES string of the molecule is [2H]C([2H])([2H])C1(C([2H])([2H])[2H])c2cc(Br)c(Br)cc2C(C([2H])([2H])[2H])(C([2H])([2H])[2H])C1(C([2H])([2H])[2H])C([2H])([2H])[2H]. The Bertz CT molecular complexity index is 891. The first-order valence-electron chi connectivity index (χ1n) is 13.5. The molecule has 0 spiro atoms. The summed E-state index contributed by atoms with van der Waals surface area (Å²) in [5.41, 5.74) is -14.4. The van der Waals surface area contributed by atoms with Gasteiger partial charge < -0.3 is 0 Å². The van der Waals surface area contributed by atoms with Gasteiger partial charge in [0.2, 0.25) is 0 Å². The Morgan fingerprint density at radius 2 is 1.24 bits per heavy atom. The highest BCUT2D eigenvalue weighted by atomic mass is 79.9. The molecule has 0 unspecified atom stereocenters. The number of rotatable bonds is 0. The summed E-state index contributed by atoms with van der Waals surface area (Å²) in [6, 6.07) is 1.56. The van der Waals surface area contributed by atoms with Crippen LogP contribution in [0, 0.1) is 5.41 Å². The van der Waals surface area contributed by atoms with E-state index in [1.54, 1.807) is 0 Å². The molecule has 1 aliphatic rings. The molecule has 1 aromatic carbocycles. The van der Waals surface area contributed by atoms with E-state index in [0.717, 1.165) is 12.1 Å². The minimum atomic E-state index is -4.37. The third-order valence-electron chi connectivity index (χ3n) is 2.99. The lowest BCUT2D eigenvalue weighted by atomic mass is 9.59.